The number of amides is 1. The molecular formula is C19H22N2O4. The molecule has 0 aliphatic heterocycles. The highest BCUT2D eigenvalue weighted by Gasteiger charge is 2.11. The second-order valence-electron chi connectivity index (χ2n) is 5.22. The number of para-hydroxylation sites is 1. The fourth-order valence-electron chi connectivity index (χ4n) is 2.23. The molecule has 6 heteroatoms. The van der Waals surface area contributed by atoms with E-state index in [9.17, 15) is 9.59 Å². The Morgan fingerprint density at radius 2 is 1.76 bits per heavy atom. The molecule has 0 radical (unpaired) electrons. The van der Waals surface area contributed by atoms with Crippen LogP contribution in [0.1, 0.15) is 23.7 Å². The van der Waals surface area contributed by atoms with Crippen LogP contribution in [0.5, 0.6) is 5.75 Å². The number of esters is 1. The van der Waals surface area contributed by atoms with Crippen molar-refractivity contribution in [1.29, 1.82) is 0 Å². The molecule has 0 aliphatic carbocycles. The minimum absolute atomic E-state index is 0.119. The molecule has 2 rings (SSSR count). The molecule has 0 fully saturated rings. The van der Waals surface area contributed by atoms with Crippen LogP contribution in [0, 0.1) is 0 Å². The van der Waals surface area contributed by atoms with Gasteiger partial charge in [0.25, 0.3) is 0 Å². The molecule has 2 aromatic carbocycles. The van der Waals surface area contributed by atoms with Crippen molar-refractivity contribution in [2.45, 2.75) is 13.3 Å². The Balaban J connectivity index is 1.85. The van der Waals surface area contributed by atoms with E-state index in [0.717, 1.165) is 5.75 Å². The maximum atomic E-state index is 12.0. The van der Waals surface area contributed by atoms with Gasteiger partial charge in [-0.25, -0.2) is 4.79 Å². The Morgan fingerprint density at radius 1 is 1.04 bits per heavy atom. The predicted octanol–water partition coefficient (Wildman–Crippen LogP) is 3.31. The van der Waals surface area contributed by atoms with Crippen LogP contribution in [0.4, 0.5) is 11.4 Å². The summed E-state index contributed by atoms with van der Waals surface area (Å²) >= 11 is 0. The van der Waals surface area contributed by atoms with Gasteiger partial charge in [0.1, 0.15) is 5.75 Å². The number of hydrogen-bond donors (Lipinski definition) is 2. The number of methoxy groups -OCH3 is 1. The molecule has 0 bridgehead atoms. The Labute approximate surface area is 147 Å². The van der Waals surface area contributed by atoms with E-state index in [-0.39, 0.29) is 18.3 Å². The molecule has 0 atom stereocenters. The first-order valence-corrected chi connectivity index (χ1v) is 8.08. The summed E-state index contributed by atoms with van der Waals surface area (Å²) in [5, 5.41) is 5.92. The second-order valence-corrected chi connectivity index (χ2v) is 5.22. The summed E-state index contributed by atoms with van der Waals surface area (Å²) in [4.78, 5) is 23.9. The molecule has 0 unspecified atom stereocenters. The molecule has 25 heavy (non-hydrogen) atoms. The summed E-state index contributed by atoms with van der Waals surface area (Å²) in [5.74, 6) is 0.231. The molecule has 0 aliphatic rings. The SMILES string of the molecule is CCOC(=O)c1ccccc1NCCC(=O)Nc1ccc(OC)cc1. The van der Waals surface area contributed by atoms with E-state index in [1.165, 1.54) is 0 Å². The van der Waals surface area contributed by atoms with Gasteiger partial charge in [-0.2, -0.15) is 0 Å². The fraction of sp³-hybridized carbons (Fsp3) is 0.263. The zero-order valence-corrected chi connectivity index (χ0v) is 14.4. The summed E-state index contributed by atoms with van der Waals surface area (Å²) in [7, 11) is 1.59. The molecule has 1 amide bonds. The van der Waals surface area contributed by atoms with Gasteiger partial charge in [0.15, 0.2) is 0 Å². The van der Waals surface area contributed by atoms with Crippen molar-refractivity contribution in [2.75, 3.05) is 30.9 Å². The number of anilines is 2. The lowest BCUT2D eigenvalue weighted by Crippen LogP contribution is -2.17. The second kappa shape index (κ2) is 9.32. The van der Waals surface area contributed by atoms with Crippen LogP contribution in [0.3, 0.4) is 0 Å². The van der Waals surface area contributed by atoms with Crippen molar-refractivity contribution in [3.63, 3.8) is 0 Å². The van der Waals surface area contributed by atoms with Crippen LogP contribution < -0.4 is 15.4 Å². The van der Waals surface area contributed by atoms with Gasteiger partial charge in [0.2, 0.25) is 5.91 Å². The van der Waals surface area contributed by atoms with Gasteiger partial charge in [-0.3, -0.25) is 4.79 Å². The van der Waals surface area contributed by atoms with Gasteiger partial charge in [-0.15, -0.1) is 0 Å². The molecule has 0 spiro atoms. The van der Waals surface area contributed by atoms with Gasteiger partial charge in [0, 0.05) is 24.3 Å². The van der Waals surface area contributed by atoms with Gasteiger partial charge in [0.05, 0.1) is 19.3 Å². The largest absolute Gasteiger partial charge is 0.497 e. The lowest BCUT2D eigenvalue weighted by atomic mass is 10.1. The number of carbonyl (C=O) groups excluding carboxylic acids is 2. The summed E-state index contributed by atoms with van der Waals surface area (Å²) in [6, 6.07) is 14.2. The van der Waals surface area contributed by atoms with Crippen molar-refractivity contribution in [3.8, 4) is 5.75 Å². The standard InChI is InChI=1S/C19H22N2O4/c1-3-25-19(23)16-6-4-5-7-17(16)20-13-12-18(22)21-14-8-10-15(24-2)11-9-14/h4-11,20H,3,12-13H2,1-2H3,(H,21,22). The Bertz CT molecular complexity index is 714. The van der Waals surface area contributed by atoms with E-state index in [1.807, 2.05) is 6.07 Å². The van der Waals surface area contributed by atoms with Crippen molar-refractivity contribution >= 4 is 23.3 Å². The minimum Gasteiger partial charge on any atom is -0.497 e. The number of benzene rings is 2. The Hall–Kier alpha value is -3.02. The summed E-state index contributed by atoms with van der Waals surface area (Å²) in [6.07, 6.45) is 0.267. The average molecular weight is 342 g/mol. The fourth-order valence-corrected chi connectivity index (χ4v) is 2.23. The van der Waals surface area contributed by atoms with Crippen LogP contribution in [0.15, 0.2) is 48.5 Å². The zero-order chi connectivity index (χ0) is 18.1. The first-order valence-electron chi connectivity index (χ1n) is 8.08. The van der Waals surface area contributed by atoms with E-state index in [4.69, 9.17) is 9.47 Å². The third kappa shape index (κ3) is 5.53. The number of nitrogens with one attached hydrogen (secondary N) is 2. The number of ether oxygens (including phenoxy) is 2. The van der Waals surface area contributed by atoms with E-state index in [0.29, 0.717) is 30.1 Å². The molecule has 0 saturated heterocycles. The summed E-state index contributed by atoms with van der Waals surface area (Å²) in [6.45, 7) is 2.48. The van der Waals surface area contributed by atoms with E-state index < -0.39 is 0 Å². The van der Waals surface area contributed by atoms with Gasteiger partial charge >= 0.3 is 5.97 Å². The van der Waals surface area contributed by atoms with Crippen LogP contribution in [0.25, 0.3) is 0 Å². The maximum absolute atomic E-state index is 12.0. The highest BCUT2D eigenvalue weighted by atomic mass is 16.5. The van der Waals surface area contributed by atoms with Crippen LogP contribution in [-0.2, 0) is 9.53 Å². The third-order valence-electron chi connectivity index (χ3n) is 3.46. The molecule has 6 nitrogen and oxygen atoms in total. The van der Waals surface area contributed by atoms with Crippen molar-refractivity contribution in [1.82, 2.24) is 0 Å². The summed E-state index contributed by atoms with van der Waals surface area (Å²) in [5.41, 5.74) is 1.82. The minimum atomic E-state index is -0.381. The molecule has 2 N–H and O–H groups in total. The van der Waals surface area contributed by atoms with Crippen molar-refractivity contribution in [2.24, 2.45) is 0 Å². The molecule has 0 heterocycles. The first-order chi connectivity index (χ1) is 12.1. The molecule has 132 valence electrons. The quantitative estimate of drug-likeness (QED) is 0.720. The first kappa shape index (κ1) is 18.3. The van der Waals surface area contributed by atoms with Gasteiger partial charge < -0.3 is 20.1 Å². The lowest BCUT2D eigenvalue weighted by Gasteiger charge is -2.11. The predicted molar refractivity (Wildman–Crippen MR) is 97.1 cm³/mol. The number of hydrogen-bond acceptors (Lipinski definition) is 5. The highest BCUT2D eigenvalue weighted by molar-refractivity contribution is 5.96. The van der Waals surface area contributed by atoms with Crippen LogP contribution in [-0.4, -0.2) is 32.1 Å². The van der Waals surface area contributed by atoms with Crippen LogP contribution >= 0.6 is 0 Å². The molecule has 0 aromatic heterocycles. The van der Waals surface area contributed by atoms with Crippen LogP contribution in [0.2, 0.25) is 0 Å². The smallest absolute Gasteiger partial charge is 0.340 e. The van der Waals surface area contributed by atoms with E-state index >= 15 is 0 Å². The zero-order valence-electron chi connectivity index (χ0n) is 14.4. The molecule has 2 aromatic rings. The average Bonchev–Trinajstić information content (AvgIpc) is 2.63. The summed E-state index contributed by atoms with van der Waals surface area (Å²) < 4.78 is 10.1. The maximum Gasteiger partial charge on any atom is 0.340 e. The topological polar surface area (TPSA) is 76.7 Å². The van der Waals surface area contributed by atoms with Crippen molar-refractivity contribution in [3.05, 3.63) is 54.1 Å². The molecule has 0 saturated carbocycles. The van der Waals surface area contributed by atoms with Gasteiger partial charge in [-0.05, 0) is 43.3 Å². The van der Waals surface area contributed by atoms with Crippen molar-refractivity contribution < 1.29 is 19.1 Å². The van der Waals surface area contributed by atoms with E-state index in [2.05, 4.69) is 10.6 Å². The van der Waals surface area contributed by atoms with Gasteiger partial charge in [-0.1, -0.05) is 12.1 Å². The number of rotatable bonds is 8. The third-order valence-corrected chi connectivity index (χ3v) is 3.46. The lowest BCUT2D eigenvalue weighted by molar-refractivity contribution is -0.115. The molecular weight excluding hydrogens is 320 g/mol. The number of carbonyl (C=O) groups is 2. The van der Waals surface area contributed by atoms with E-state index in [1.54, 1.807) is 56.5 Å². The Kier molecular flexibility index (Phi) is 6.83. The normalized spacial score (nSPS) is 10.0. The monoisotopic (exact) mass is 342 g/mol. The highest BCUT2D eigenvalue weighted by Crippen LogP contribution is 2.17. The Morgan fingerprint density at radius 3 is 2.44 bits per heavy atom.